The van der Waals surface area contributed by atoms with E-state index in [2.05, 4.69) is 81.2 Å². The molecule has 0 aromatic heterocycles. The molecule has 27 heavy (non-hydrogen) atoms. The molecule has 0 saturated carbocycles. The average molecular weight is 377 g/mol. The molecule has 0 heterocycles. The molecule has 1 rings (SSSR count). The van der Waals surface area contributed by atoms with Crippen molar-refractivity contribution in [1.29, 1.82) is 0 Å². The Labute approximate surface area is 166 Å². The quantitative estimate of drug-likeness (QED) is 0.609. The van der Waals surface area contributed by atoms with Gasteiger partial charge < -0.3 is 20.0 Å². The van der Waals surface area contributed by atoms with Gasteiger partial charge in [-0.3, -0.25) is 0 Å². The number of amides is 2. The minimum absolute atomic E-state index is 0.0543. The molecule has 1 atom stereocenters. The van der Waals surface area contributed by atoms with Gasteiger partial charge in [-0.2, -0.15) is 0 Å². The summed E-state index contributed by atoms with van der Waals surface area (Å²) in [4.78, 5) is 19.5. The highest BCUT2D eigenvalue weighted by Gasteiger charge is 2.20. The molecule has 1 aromatic rings. The Balaban J connectivity index is 2.76. The van der Waals surface area contributed by atoms with Crippen molar-refractivity contribution in [1.82, 2.24) is 20.0 Å². The van der Waals surface area contributed by atoms with Crippen molar-refractivity contribution in [3.8, 4) is 0 Å². The van der Waals surface area contributed by atoms with Crippen molar-refractivity contribution in [2.75, 3.05) is 53.4 Å². The number of hydrogen-bond acceptors (Lipinski definition) is 3. The Morgan fingerprint density at radius 2 is 1.63 bits per heavy atom. The van der Waals surface area contributed by atoms with E-state index in [1.54, 1.807) is 0 Å². The predicted molar refractivity (Wildman–Crippen MR) is 115 cm³/mol. The summed E-state index contributed by atoms with van der Waals surface area (Å²) in [6.07, 6.45) is 0.844. The van der Waals surface area contributed by atoms with Crippen LogP contribution in [-0.4, -0.2) is 80.1 Å². The summed E-state index contributed by atoms with van der Waals surface area (Å²) in [5.74, 6) is 0.453. The summed E-state index contributed by atoms with van der Waals surface area (Å²) in [7, 11) is 4.10. The molecule has 1 N–H and O–H groups in total. The first kappa shape index (κ1) is 23.4. The van der Waals surface area contributed by atoms with Crippen LogP contribution in [0.25, 0.3) is 0 Å². The molecule has 0 radical (unpaired) electrons. The van der Waals surface area contributed by atoms with Crippen molar-refractivity contribution in [3.63, 3.8) is 0 Å². The minimum atomic E-state index is 0.0543. The zero-order chi connectivity index (χ0) is 20.2. The molecule has 0 aliphatic heterocycles. The van der Waals surface area contributed by atoms with Crippen LogP contribution in [0, 0.1) is 5.92 Å². The van der Waals surface area contributed by atoms with Gasteiger partial charge in [0.1, 0.15) is 0 Å². The first-order valence-electron chi connectivity index (χ1n) is 10.3. The Hall–Kier alpha value is -1.59. The second kappa shape index (κ2) is 12.7. The maximum atomic E-state index is 13.0. The van der Waals surface area contributed by atoms with E-state index in [4.69, 9.17) is 0 Å². The number of likely N-dealkylation sites (N-methyl/N-ethyl adjacent to an activating group) is 2. The van der Waals surface area contributed by atoms with Gasteiger partial charge in [0.15, 0.2) is 0 Å². The van der Waals surface area contributed by atoms with Crippen molar-refractivity contribution >= 4 is 6.03 Å². The van der Waals surface area contributed by atoms with Crippen LogP contribution in [0.4, 0.5) is 4.79 Å². The van der Waals surface area contributed by atoms with Gasteiger partial charge in [0.05, 0.1) is 0 Å². The monoisotopic (exact) mass is 376 g/mol. The number of carbonyl (C=O) groups excluding carboxylic acids is 1. The minimum Gasteiger partial charge on any atom is -0.334 e. The van der Waals surface area contributed by atoms with E-state index in [-0.39, 0.29) is 12.1 Å². The molecule has 0 bridgehead atoms. The molecule has 0 aliphatic carbocycles. The highest BCUT2D eigenvalue weighted by molar-refractivity contribution is 5.74. The highest BCUT2D eigenvalue weighted by atomic mass is 16.2. The second-order valence-corrected chi connectivity index (χ2v) is 7.97. The topological polar surface area (TPSA) is 38.8 Å². The number of nitrogens with one attached hydrogen (secondary N) is 1. The summed E-state index contributed by atoms with van der Waals surface area (Å²) < 4.78 is 0. The number of rotatable bonds is 12. The van der Waals surface area contributed by atoms with Crippen LogP contribution in [0.1, 0.15) is 33.3 Å². The van der Waals surface area contributed by atoms with Crippen LogP contribution in [-0.2, 0) is 6.42 Å². The van der Waals surface area contributed by atoms with E-state index in [0.717, 1.165) is 45.7 Å². The highest BCUT2D eigenvalue weighted by Crippen LogP contribution is 2.06. The smallest absolute Gasteiger partial charge is 0.317 e. The lowest BCUT2D eigenvalue weighted by atomic mass is 10.1. The van der Waals surface area contributed by atoms with Crippen molar-refractivity contribution in [2.45, 2.75) is 40.2 Å². The van der Waals surface area contributed by atoms with Gasteiger partial charge >= 0.3 is 6.03 Å². The van der Waals surface area contributed by atoms with Gasteiger partial charge in [-0.05, 0) is 45.1 Å². The number of urea groups is 1. The van der Waals surface area contributed by atoms with Crippen LogP contribution >= 0.6 is 0 Å². The fourth-order valence-corrected chi connectivity index (χ4v) is 3.28. The molecule has 0 fully saturated rings. The lowest BCUT2D eigenvalue weighted by molar-refractivity contribution is 0.172. The normalized spacial score (nSPS) is 12.6. The lowest BCUT2D eigenvalue weighted by Gasteiger charge is -2.31. The number of carbonyl (C=O) groups is 1. The zero-order valence-corrected chi connectivity index (χ0v) is 18.2. The molecule has 0 saturated heterocycles. The third kappa shape index (κ3) is 9.78. The molecule has 154 valence electrons. The third-order valence-electron chi connectivity index (χ3n) is 4.69. The Kier molecular flexibility index (Phi) is 11.1. The Morgan fingerprint density at radius 3 is 2.15 bits per heavy atom. The standard InChI is InChI=1S/C22H40N4O/c1-7-25(8-2)14-15-26(17-19(3)4)22(27)23-21(18-24(5)6)16-20-12-10-9-11-13-20/h9-13,19,21H,7-8,14-18H2,1-6H3,(H,23,27). The average Bonchev–Trinajstić information content (AvgIpc) is 2.61. The Morgan fingerprint density at radius 1 is 1.00 bits per heavy atom. The van der Waals surface area contributed by atoms with Gasteiger partial charge in [-0.15, -0.1) is 0 Å². The zero-order valence-electron chi connectivity index (χ0n) is 18.2. The lowest BCUT2D eigenvalue weighted by Crippen LogP contribution is -2.51. The summed E-state index contributed by atoms with van der Waals surface area (Å²) >= 11 is 0. The summed E-state index contributed by atoms with van der Waals surface area (Å²) in [5.41, 5.74) is 1.25. The fraction of sp³-hybridized carbons (Fsp3) is 0.682. The van der Waals surface area contributed by atoms with E-state index in [9.17, 15) is 4.79 Å². The van der Waals surface area contributed by atoms with E-state index < -0.39 is 0 Å². The molecule has 1 aromatic carbocycles. The van der Waals surface area contributed by atoms with Gasteiger partial charge in [0.2, 0.25) is 0 Å². The van der Waals surface area contributed by atoms with Crippen molar-refractivity contribution in [3.05, 3.63) is 35.9 Å². The van der Waals surface area contributed by atoms with E-state index >= 15 is 0 Å². The molecule has 5 heteroatoms. The van der Waals surface area contributed by atoms with Crippen molar-refractivity contribution < 1.29 is 4.79 Å². The first-order chi connectivity index (χ1) is 12.8. The van der Waals surface area contributed by atoms with Gasteiger partial charge in [-0.25, -0.2) is 4.79 Å². The molecule has 0 spiro atoms. The molecule has 0 aliphatic rings. The number of nitrogens with zero attached hydrogens (tertiary/aromatic N) is 3. The van der Waals surface area contributed by atoms with Crippen LogP contribution in [0.5, 0.6) is 0 Å². The molecule has 2 amide bonds. The van der Waals surface area contributed by atoms with Crippen LogP contribution in [0.2, 0.25) is 0 Å². The van der Waals surface area contributed by atoms with Crippen LogP contribution in [0.3, 0.4) is 0 Å². The summed E-state index contributed by atoms with van der Waals surface area (Å²) in [6.45, 7) is 14.0. The molecular formula is C22H40N4O. The maximum absolute atomic E-state index is 13.0. The second-order valence-electron chi connectivity index (χ2n) is 7.97. The number of hydrogen-bond donors (Lipinski definition) is 1. The third-order valence-corrected chi connectivity index (χ3v) is 4.69. The van der Waals surface area contributed by atoms with Gasteiger partial charge in [-0.1, -0.05) is 58.0 Å². The van der Waals surface area contributed by atoms with Crippen LogP contribution < -0.4 is 5.32 Å². The number of benzene rings is 1. The summed E-state index contributed by atoms with van der Waals surface area (Å²) in [5, 5.41) is 3.29. The van der Waals surface area contributed by atoms with E-state index in [1.807, 2.05) is 11.0 Å². The molecular weight excluding hydrogens is 336 g/mol. The predicted octanol–water partition coefficient (Wildman–Crippen LogP) is 3.17. The van der Waals surface area contributed by atoms with E-state index in [0.29, 0.717) is 5.92 Å². The largest absolute Gasteiger partial charge is 0.334 e. The maximum Gasteiger partial charge on any atom is 0.317 e. The molecule has 5 nitrogen and oxygen atoms in total. The summed E-state index contributed by atoms with van der Waals surface area (Å²) in [6, 6.07) is 10.5. The Bertz CT molecular complexity index is 514. The first-order valence-corrected chi connectivity index (χ1v) is 10.3. The molecule has 1 unspecified atom stereocenters. The fourth-order valence-electron chi connectivity index (χ4n) is 3.28. The van der Waals surface area contributed by atoms with Gasteiger partial charge in [0.25, 0.3) is 0 Å². The van der Waals surface area contributed by atoms with Crippen molar-refractivity contribution in [2.24, 2.45) is 5.92 Å². The van der Waals surface area contributed by atoms with E-state index in [1.165, 1.54) is 5.56 Å². The van der Waals surface area contributed by atoms with Crippen LogP contribution in [0.15, 0.2) is 30.3 Å². The SMILES string of the molecule is CCN(CC)CCN(CC(C)C)C(=O)NC(Cc1ccccc1)CN(C)C. The van der Waals surface area contributed by atoms with Gasteiger partial charge in [0, 0.05) is 32.2 Å².